The Morgan fingerprint density at radius 2 is 2.15 bits per heavy atom. The van der Waals surface area contributed by atoms with Crippen molar-refractivity contribution in [1.82, 2.24) is 4.98 Å². The summed E-state index contributed by atoms with van der Waals surface area (Å²) in [5, 5.41) is 20.0. The first-order chi connectivity index (χ1) is 9.35. The Balaban J connectivity index is 2.06. The smallest absolute Gasteiger partial charge is 0.137 e. The molecule has 1 aliphatic carbocycles. The van der Waals surface area contributed by atoms with Crippen molar-refractivity contribution in [3.63, 3.8) is 0 Å². The predicted octanol–water partition coefficient (Wildman–Crippen LogP) is 3.66. The fourth-order valence-electron chi connectivity index (χ4n) is 2.68. The summed E-state index contributed by atoms with van der Waals surface area (Å²) < 4.78 is 13.9. The van der Waals surface area contributed by atoms with Crippen molar-refractivity contribution < 1.29 is 14.6 Å². The zero-order valence-corrected chi connectivity index (χ0v) is 12.2. The number of benzene rings is 1. The molecule has 3 nitrogen and oxygen atoms in total. The molecule has 1 aromatic carbocycles. The first kappa shape index (κ1) is 13.5. The summed E-state index contributed by atoms with van der Waals surface area (Å²) in [5.41, 5.74) is 1.24. The summed E-state index contributed by atoms with van der Waals surface area (Å²) in [6.07, 6.45) is 0.954. The van der Waals surface area contributed by atoms with E-state index in [0.29, 0.717) is 17.0 Å². The first-order valence-electron chi connectivity index (χ1n) is 6.52. The van der Waals surface area contributed by atoms with E-state index in [4.69, 9.17) is 0 Å². The lowest BCUT2D eigenvalue weighted by Gasteiger charge is -2.31. The predicted molar refractivity (Wildman–Crippen MR) is 76.2 cm³/mol. The van der Waals surface area contributed by atoms with E-state index in [1.54, 1.807) is 0 Å². The lowest BCUT2D eigenvalue weighted by molar-refractivity contribution is 0.102. The molecule has 0 amide bonds. The van der Waals surface area contributed by atoms with Gasteiger partial charge < -0.3 is 10.2 Å². The van der Waals surface area contributed by atoms with Crippen LogP contribution in [0.25, 0.3) is 10.6 Å². The van der Waals surface area contributed by atoms with Gasteiger partial charge in [-0.05, 0) is 30.4 Å². The number of phenols is 1. The maximum Gasteiger partial charge on any atom is 0.137 e. The Morgan fingerprint density at radius 3 is 2.85 bits per heavy atom. The third kappa shape index (κ3) is 2.31. The van der Waals surface area contributed by atoms with Crippen LogP contribution in [0.3, 0.4) is 0 Å². The first-order valence-corrected chi connectivity index (χ1v) is 7.34. The van der Waals surface area contributed by atoms with Crippen LogP contribution in [0, 0.1) is 11.2 Å². The van der Waals surface area contributed by atoms with Crippen molar-refractivity contribution in [3.8, 4) is 16.3 Å². The third-order valence-electron chi connectivity index (χ3n) is 3.61. The molecule has 0 radical (unpaired) electrons. The summed E-state index contributed by atoms with van der Waals surface area (Å²) in [7, 11) is 0. The van der Waals surface area contributed by atoms with Gasteiger partial charge in [0.2, 0.25) is 0 Å². The standard InChI is InChI=1S/C15H16FNO2S/c1-15(2)6-11-13(12(19)7-15)20-14(17-11)9-4-3-8(18)5-10(9)16/h3-5,12,18-19H,6-7H2,1-2H3. The van der Waals surface area contributed by atoms with E-state index in [0.717, 1.165) is 23.1 Å². The van der Waals surface area contributed by atoms with E-state index in [1.807, 2.05) is 0 Å². The Bertz CT molecular complexity index is 666. The molecule has 2 aromatic rings. The van der Waals surface area contributed by atoms with Gasteiger partial charge in [0.15, 0.2) is 0 Å². The molecule has 1 unspecified atom stereocenters. The van der Waals surface area contributed by atoms with Crippen LogP contribution in [0.1, 0.15) is 36.9 Å². The van der Waals surface area contributed by atoms with Gasteiger partial charge in [-0.2, -0.15) is 0 Å². The SMILES string of the molecule is CC1(C)Cc2nc(-c3ccc(O)cc3F)sc2C(O)C1. The molecular weight excluding hydrogens is 277 g/mol. The highest BCUT2D eigenvalue weighted by Gasteiger charge is 2.34. The minimum atomic E-state index is -0.528. The van der Waals surface area contributed by atoms with Gasteiger partial charge in [0.05, 0.1) is 16.7 Å². The molecule has 1 aromatic heterocycles. The number of thiazole rings is 1. The molecule has 0 spiro atoms. The summed E-state index contributed by atoms with van der Waals surface area (Å²) in [5.74, 6) is -0.599. The largest absolute Gasteiger partial charge is 0.508 e. The highest BCUT2D eigenvalue weighted by atomic mass is 32.1. The van der Waals surface area contributed by atoms with Crippen molar-refractivity contribution in [2.24, 2.45) is 5.41 Å². The topological polar surface area (TPSA) is 53.4 Å². The number of aliphatic hydroxyl groups excluding tert-OH is 1. The van der Waals surface area contributed by atoms with Crippen LogP contribution < -0.4 is 0 Å². The number of phenolic OH excluding ortho intramolecular Hbond substituents is 1. The maximum absolute atomic E-state index is 13.9. The van der Waals surface area contributed by atoms with Crippen LogP contribution in [0.15, 0.2) is 18.2 Å². The van der Waals surface area contributed by atoms with Crippen molar-refractivity contribution in [3.05, 3.63) is 34.6 Å². The molecule has 106 valence electrons. The van der Waals surface area contributed by atoms with Crippen molar-refractivity contribution in [1.29, 1.82) is 0 Å². The Labute approximate surface area is 120 Å². The van der Waals surface area contributed by atoms with E-state index in [2.05, 4.69) is 18.8 Å². The van der Waals surface area contributed by atoms with Crippen molar-refractivity contribution in [2.45, 2.75) is 32.8 Å². The number of rotatable bonds is 1. The molecule has 1 aliphatic rings. The number of hydrogen-bond donors (Lipinski definition) is 2. The van der Waals surface area contributed by atoms with Crippen molar-refractivity contribution >= 4 is 11.3 Å². The zero-order valence-electron chi connectivity index (χ0n) is 11.4. The average Bonchev–Trinajstić information content (AvgIpc) is 2.70. The monoisotopic (exact) mass is 293 g/mol. The van der Waals surface area contributed by atoms with E-state index < -0.39 is 11.9 Å². The van der Waals surface area contributed by atoms with Crippen molar-refractivity contribution in [2.75, 3.05) is 0 Å². The maximum atomic E-state index is 13.9. The minimum absolute atomic E-state index is 0.00522. The van der Waals surface area contributed by atoms with Crippen LogP contribution in [0.5, 0.6) is 5.75 Å². The lowest BCUT2D eigenvalue weighted by Crippen LogP contribution is -2.24. The van der Waals surface area contributed by atoms with Gasteiger partial charge in [0.25, 0.3) is 0 Å². The number of aliphatic hydroxyl groups is 1. The molecule has 0 saturated heterocycles. The number of nitrogens with zero attached hydrogens (tertiary/aromatic N) is 1. The van der Waals surface area contributed by atoms with Gasteiger partial charge >= 0.3 is 0 Å². The van der Waals surface area contributed by atoms with Gasteiger partial charge in [-0.25, -0.2) is 9.37 Å². The highest BCUT2D eigenvalue weighted by Crippen LogP contribution is 2.45. The number of halogens is 1. The zero-order chi connectivity index (χ0) is 14.5. The second-order valence-electron chi connectivity index (χ2n) is 6.06. The van der Waals surface area contributed by atoms with Gasteiger partial charge in [0, 0.05) is 11.6 Å². The van der Waals surface area contributed by atoms with Crippen LogP contribution in [-0.4, -0.2) is 15.2 Å². The number of aromatic nitrogens is 1. The molecule has 2 N–H and O–H groups in total. The molecule has 1 heterocycles. The fourth-order valence-corrected chi connectivity index (χ4v) is 3.78. The molecule has 20 heavy (non-hydrogen) atoms. The molecule has 0 saturated carbocycles. The summed E-state index contributed by atoms with van der Waals surface area (Å²) in [6, 6.07) is 4.04. The van der Waals surface area contributed by atoms with Crippen LogP contribution >= 0.6 is 11.3 Å². The minimum Gasteiger partial charge on any atom is -0.508 e. The molecule has 0 aliphatic heterocycles. The fraction of sp³-hybridized carbons (Fsp3) is 0.400. The van der Waals surface area contributed by atoms with Crippen LogP contribution in [0.2, 0.25) is 0 Å². The number of hydrogen-bond acceptors (Lipinski definition) is 4. The van der Waals surface area contributed by atoms with E-state index in [9.17, 15) is 14.6 Å². The van der Waals surface area contributed by atoms with Gasteiger partial charge in [0.1, 0.15) is 16.6 Å². The Hall–Kier alpha value is -1.46. The Kier molecular flexibility index (Phi) is 3.06. The van der Waals surface area contributed by atoms with Gasteiger partial charge in [-0.1, -0.05) is 13.8 Å². The van der Waals surface area contributed by atoms with E-state index in [1.165, 1.54) is 23.5 Å². The average molecular weight is 293 g/mol. The van der Waals surface area contributed by atoms with E-state index >= 15 is 0 Å². The Morgan fingerprint density at radius 1 is 1.40 bits per heavy atom. The lowest BCUT2D eigenvalue weighted by atomic mass is 9.77. The second-order valence-corrected chi connectivity index (χ2v) is 7.09. The van der Waals surface area contributed by atoms with Gasteiger partial charge in [-0.3, -0.25) is 0 Å². The normalized spacial score (nSPS) is 20.7. The molecule has 3 rings (SSSR count). The van der Waals surface area contributed by atoms with E-state index in [-0.39, 0.29) is 11.2 Å². The molecule has 1 atom stereocenters. The third-order valence-corrected chi connectivity index (χ3v) is 4.84. The highest BCUT2D eigenvalue weighted by molar-refractivity contribution is 7.15. The summed E-state index contributed by atoms with van der Waals surface area (Å²) in [4.78, 5) is 5.33. The van der Waals surface area contributed by atoms with Crippen LogP contribution in [-0.2, 0) is 6.42 Å². The molecule has 0 bridgehead atoms. The quantitative estimate of drug-likeness (QED) is 0.843. The molecule has 5 heteroatoms. The molecule has 0 fully saturated rings. The van der Waals surface area contributed by atoms with Gasteiger partial charge in [-0.15, -0.1) is 11.3 Å². The molecular formula is C15H16FNO2S. The summed E-state index contributed by atoms with van der Waals surface area (Å²) >= 11 is 1.33. The number of aromatic hydroxyl groups is 1. The number of fused-ring (bicyclic) bond motifs is 1. The second kappa shape index (κ2) is 4.53. The summed E-state index contributed by atoms with van der Waals surface area (Å²) in [6.45, 7) is 4.19. The van der Waals surface area contributed by atoms with Crippen LogP contribution in [0.4, 0.5) is 4.39 Å².